The van der Waals surface area contributed by atoms with Gasteiger partial charge in [-0.3, -0.25) is 0 Å². The Morgan fingerprint density at radius 3 is 2.48 bits per heavy atom. The van der Waals surface area contributed by atoms with Gasteiger partial charge in [0.25, 0.3) is 0 Å². The predicted octanol–water partition coefficient (Wildman–Crippen LogP) is 6.45. The zero-order valence-corrected chi connectivity index (χ0v) is 18.2. The van der Waals surface area contributed by atoms with Gasteiger partial charge in [-0.2, -0.15) is 0 Å². The molecule has 0 N–H and O–H groups in total. The molecular formula is C17H13Br2Cl3O3. The monoisotopic (exact) mass is 528 g/mol. The van der Waals surface area contributed by atoms with Crippen LogP contribution in [-0.4, -0.2) is 24.6 Å². The summed E-state index contributed by atoms with van der Waals surface area (Å²) in [5.74, 6) is -0.269. The first-order valence-corrected chi connectivity index (χ1v) is 10.4. The van der Waals surface area contributed by atoms with Gasteiger partial charge in [-0.05, 0) is 30.3 Å². The van der Waals surface area contributed by atoms with Crippen LogP contribution in [0.3, 0.4) is 0 Å². The molecule has 1 heterocycles. The van der Waals surface area contributed by atoms with Gasteiger partial charge in [-0.15, -0.1) is 0 Å². The van der Waals surface area contributed by atoms with Crippen LogP contribution >= 0.6 is 66.7 Å². The summed E-state index contributed by atoms with van der Waals surface area (Å²) in [6, 6.07) is 11.0. The number of ether oxygens (including phenoxy) is 3. The van der Waals surface area contributed by atoms with Gasteiger partial charge in [-0.25, -0.2) is 0 Å². The molecule has 3 rings (SSSR count). The van der Waals surface area contributed by atoms with Crippen molar-refractivity contribution in [2.24, 2.45) is 0 Å². The van der Waals surface area contributed by atoms with Crippen molar-refractivity contribution < 1.29 is 14.2 Å². The zero-order chi connectivity index (χ0) is 18.0. The maximum atomic E-state index is 6.35. The minimum Gasteiger partial charge on any atom is -0.491 e. The summed E-state index contributed by atoms with van der Waals surface area (Å²) >= 11 is 25.3. The number of halogens is 5. The van der Waals surface area contributed by atoms with E-state index < -0.39 is 5.79 Å². The van der Waals surface area contributed by atoms with E-state index in [2.05, 4.69) is 31.9 Å². The van der Waals surface area contributed by atoms with Crippen molar-refractivity contribution in [1.82, 2.24) is 0 Å². The molecule has 0 saturated carbocycles. The SMILES string of the molecule is Clc1ccc(C2(CBr)OCC(COc3ccc(Br)cc3)O2)c(Cl)c1Cl. The smallest absolute Gasteiger partial charge is 0.206 e. The molecule has 0 bridgehead atoms. The Hall–Kier alpha value is -0.0100. The fourth-order valence-corrected chi connectivity index (χ4v) is 4.01. The highest BCUT2D eigenvalue weighted by Gasteiger charge is 2.44. The van der Waals surface area contributed by atoms with Crippen LogP contribution in [0.1, 0.15) is 5.56 Å². The molecule has 0 spiro atoms. The van der Waals surface area contributed by atoms with Crippen molar-refractivity contribution in [3.05, 3.63) is 61.5 Å². The first-order valence-electron chi connectivity index (χ1n) is 7.35. The second-order valence-corrected chi connectivity index (χ2v) is 8.06. The molecule has 2 aromatic rings. The quantitative estimate of drug-likeness (QED) is 0.328. The Morgan fingerprint density at radius 1 is 1.08 bits per heavy atom. The highest BCUT2D eigenvalue weighted by atomic mass is 79.9. The molecule has 0 radical (unpaired) electrons. The number of hydrogen-bond donors (Lipinski definition) is 0. The van der Waals surface area contributed by atoms with Gasteiger partial charge in [0.15, 0.2) is 0 Å². The molecule has 2 aromatic carbocycles. The molecule has 3 nitrogen and oxygen atoms in total. The molecule has 0 aromatic heterocycles. The van der Waals surface area contributed by atoms with Crippen LogP contribution < -0.4 is 4.74 Å². The molecular weight excluding hydrogens is 518 g/mol. The molecule has 1 fully saturated rings. The second-order valence-electron chi connectivity index (χ2n) is 5.43. The van der Waals surface area contributed by atoms with Crippen LogP contribution in [0.25, 0.3) is 0 Å². The standard InChI is InChI=1S/C17H13Br2Cl3O3/c18-9-17(13-5-6-14(20)16(22)15(13)21)24-8-12(25-17)7-23-11-3-1-10(19)2-4-11/h1-6,12H,7-9H2. The first-order chi connectivity index (χ1) is 11.9. The third-order valence-electron chi connectivity index (χ3n) is 3.73. The maximum Gasteiger partial charge on any atom is 0.206 e. The van der Waals surface area contributed by atoms with Crippen LogP contribution in [0.5, 0.6) is 5.75 Å². The van der Waals surface area contributed by atoms with Crippen molar-refractivity contribution in [2.45, 2.75) is 11.9 Å². The predicted molar refractivity (Wildman–Crippen MR) is 107 cm³/mol. The van der Waals surface area contributed by atoms with Gasteiger partial charge in [0.1, 0.15) is 18.5 Å². The number of rotatable bonds is 5. The Bertz CT molecular complexity index is 758. The molecule has 134 valence electrons. The van der Waals surface area contributed by atoms with E-state index in [9.17, 15) is 0 Å². The normalized spacial score (nSPS) is 23.0. The van der Waals surface area contributed by atoms with E-state index in [0.717, 1.165) is 10.2 Å². The number of hydrogen-bond acceptors (Lipinski definition) is 3. The van der Waals surface area contributed by atoms with E-state index in [1.165, 1.54) is 0 Å². The van der Waals surface area contributed by atoms with E-state index in [1.807, 2.05) is 24.3 Å². The summed E-state index contributed by atoms with van der Waals surface area (Å²) in [6.07, 6.45) is -0.244. The maximum absolute atomic E-state index is 6.35. The van der Waals surface area contributed by atoms with Gasteiger partial charge in [0.2, 0.25) is 5.79 Å². The minimum atomic E-state index is -1.03. The van der Waals surface area contributed by atoms with Crippen molar-refractivity contribution in [2.75, 3.05) is 18.5 Å². The fraction of sp³-hybridized carbons (Fsp3) is 0.294. The van der Waals surface area contributed by atoms with Gasteiger partial charge in [-0.1, -0.05) is 72.7 Å². The molecule has 8 heteroatoms. The molecule has 2 unspecified atom stereocenters. The highest BCUT2D eigenvalue weighted by molar-refractivity contribution is 9.10. The summed E-state index contributed by atoms with van der Waals surface area (Å²) in [7, 11) is 0. The molecule has 1 saturated heterocycles. The van der Waals surface area contributed by atoms with E-state index in [0.29, 0.717) is 34.2 Å². The average Bonchev–Trinajstić information content (AvgIpc) is 3.04. The largest absolute Gasteiger partial charge is 0.491 e. The van der Waals surface area contributed by atoms with Gasteiger partial charge in [0.05, 0.1) is 27.0 Å². The third kappa shape index (κ3) is 4.29. The van der Waals surface area contributed by atoms with E-state index in [-0.39, 0.29) is 11.1 Å². The number of benzene rings is 2. The summed E-state index contributed by atoms with van der Waals surface area (Å²) in [4.78, 5) is 0. The van der Waals surface area contributed by atoms with Crippen LogP contribution in [0.2, 0.25) is 15.1 Å². The molecule has 1 aliphatic rings. The topological polar surface area (TPSA) is 27.7 Å². The summed E-state index contributed by atoms with van der Waals surface area (Å²) in [5, 5.41) is 1.38. The lowest BCUT2D eigenvalue weighted by Crippen LogP contribution is -2.31. The second kappa shape index (κ2) is 8.34. The molecule has 1 aliphatic heterocycles. The Balaban J connectivity index is 1.72. The molecule has 0 amide bonds. The Morgan fingerprint density at radius 2 is 1.80 bits per heavy atom. The third-order valence-corrected chi connectivity index (χ3v) is 6.29. The number of alkyl halides is 1. The lowest BCUT2D eigenvalue weighted by Gasteiger charge is -2.27. The minimum absolute atomic E-state index is 0.244. The summed E-state index contributed by atoms with van der Waals surface area (Å²) < 4.78 is 18.8. The van der Waals surface area contributed by atoms with E-state index in [1.54, 1.807) is 12.1 Å². The zero-order valence-electron chi connectivity index (χ0n) is 12.8. The van der Waals surface area contributed by atoms with Gasteiger partial charge in [0, 0.05) is 10.0 Å². The van der Waals surface area contributed by atoms with Crippen molar-refractivity contribution in [3.63, 3.8) is 0 Å². The molecule has 25 heavy (non-hydrogen) atoms. The van der Waals surface area contributed by atoms with E-state index in [4.69, 9.17) is 49.0 Å². The van der Waals surface area contributed by atoms with Crippen LogP contribution in [0.4, 0.5) is 0 Å². The molecule has 0 aliphatic carbocycles. The Kier molecular flexibility index (Phi) is 6.59. The molecule has 2 atom stereocenters. The summed E-state index contributed by atoms with van der Waals surface area (Å²) in [6.45, 7) is 0.730. The van der Waals surface area contributed by atoms with Crippen molar-refractivity contribution in [1.29, 1.82) is 0 Å². The van der Waals surface area contributed by atoms with Crippen LogP contribution in [0.15, 0.2) is 40.9 Å². The van der Waals surface area contributed by atoms with Gasteiger partial charge >= 0.3 is 0 Å². The fourth-order valence-electron chi connectivity index (χ4n) is 2.47. The lowest BCUT2D eigenvalue weighted by molar-refractivity contribution is -0.159. The lowest BCUT2D eigenvalue weighted by atomic mass is 10.1. The summed E-state index contributed by atoms with van der Waals surface area (Å²) in [5.41, 5.74) is 0.631. The van der Waals surface area contributed by atoms with Gasteiger partial charge < -0.3 is 14.2 Å². The first kappa shape index (κ1) is 19.7. The van der Waals surface area contributed by atoms with Crippen LogP contribution in [-0.2, 0) is 15.3 Å². The Labute approximate surface area is 177 Å². The van der Waals surface area contributed by atoms with Crippen molar-refractivity contribution >= 4 is 66.7 Å². The van der Waals surface area contributed by atoms with E-state index >= 15 is 0 Å². The van der Waals surface area contributed by atoms with Crippen LogP contribution in [0, 0.1) is 0 Å². The average molecular weight is 531 g/mol. The van der Waals surface area contributed by atoms with Crippen molar-refractivity contribution in [3.8, 4) is 5.75 Å². The highest BCUT2D eigenvalue weighted by Crippen LogP contribution is 2.43.